The Labute approximate surface area is 93.8 Å². The zero-order valence-corrected chi connectivity index (χ0v) is 10.4. The van der Waals surface area contributed by atoms with E-state index in [-0.39, 0.29) is 0 Å². The van der Waals surface area contributed by atoms with E-state index in [0.717, 1.165) is 13.0 Å². The minimum atomic E-state index is 0.642. The minimum Gasteiger partial charge on any atom is -0.393 e. The highest BCUT2D eigenvalue weighted by molar-refractivity contribution is 7.80. The van der Waals surface area contributed by atoms with Gasteiger partial charge in [0.2, 0.25) is 0 Å². The minimum absolute atomic E-state index is 0.642. The summed E-state index contributed by atoms with van der Waals surface area (Å²) < 4.78 is 0. The van der Waals surface area contributed by atoms with Gasteiger partial charge in [-0.15, -0.1) is 0 Å². The molecule has 0 atom stereocenters. The molecule has 84 valence electrons. The van der Waals surface area contributed by atoms with Crippen molar-refractivity contribution in [2.75, 3.05) is 19.6 Å². The Balaban J connectivity index is 3.65. The van der Waals surface area contributed by atoms with Crippen molar-refractivity contribution in [3.63, 3.8) is 0 Å². The Morgan fingerprint density at radius 3 is 1.93 bits per heavy atom. The summed E-state index contributed by atoms with van der Waals surface area (Å²) in [5.41, 5.74) is 5.50. The first-order chi connectivity index (χ1) is 6.70. The fourth-order valence-electron chi connectivity index (χ4n) is 1.37. The fraction of sp³-hybridized carbons (Fsp3) is 0.909. The van der Waals surface area contributed by atoms with Crippen LogP contribution in [0.2, 0.25) is 0 Å². The van der Waals surface area contributed by atoms with Gasteiger partial charge in [-0.3, -0.25) is 0 Å². The summed E-state index contributed by atoms with van der Waals surface area (Å²) in [6.07, 6.45) is 5.94. The summed E-state index contributed by atoms with van der Waals surface area (Å²) in [5, 5.41) is 0. The molecule has 0 radical (unpaired) electrons. The molecule has 2 N–H and O–H groups in total. The van der Waals surface area contributed by atoms with Crippen LogP contribution in [-0.4, -0.2) is 29.5 Å². The lowest BCUT2D eigenvalue weighted by atomic mass is 10.2. The average molecular weight is 216 g/mol. The molecule has 14 heavy (non-hydrogen) atoms. The number of hydrogen-bond acceptors (Lipinski definition) is 2. The van der Waals surface area contributed by atoms with Crippen LogP contribution in [0.25, 0.3) is 0 Å². The van der Waals surface area contributed by atoms with Gasteiger partial charge in [-0.1, -0.05) is 38.9 Å². The third-order valence-corrected chi connectivity index (χ3v) is 2.53. The first kappa shape index (κ1) is 13.8. The molecule has 0 unspecified atom stereocenters. The molecule has 0 aromatic heterocycles. The number of nitrogens with zero attached hydrogens (tertiary/aromatic N) is 1. The molecule has 0 spiro atoms. The smallest absolute Gasteiger partial charge is 0.0740 e. The summed E-state index contributed by atoms with van der Waals surface area (Å²) in [4.78, 5) is 3.12. The average Bonchev–Trinajstić information content (AvgIpc) is 2.16. The highest BCUT2D eigenvalue weighted by atomic mass is 32.1. The molecule has 0 aliphatic carbocycles. The number of hydrogen-bond donors (Lipinski definition) is 1. The molecule has 0 fully saturated rings. The largest absolute Gasteiger partial charge is 0.393 e. The standard InChI is InChI=1S/C11H24N2S/c1-3-5-8-13(9-6-4-2)10-7-11(12)14/h3-10H2,1-2H3,(H2,12,14). The molecule has 0 heterocycles. The van der Waals surface area contributed by atoms with Gasteiger partial charge in [-0.2, -0.15) is 0 Å². The topological polar surface area (TPSA) is 29.3 Å². The number of thiocarbonyl (C=S) groups is 1. The molecule has 0 saturated heterocycles. The van der Waals surface area contributed by atoms with Crippen molar-refractivity contribution in [2.24, 2.45) is 5.73 Å². The monoisotopic (exact) mass is 216 g/mol. The normalized spacial score (nSPS) is 10.8. The third-order valence-electron chi connectivity index (χ3n) is 2.33. The second kappa shape index (κ2) is 9.41. The maximum absolute atomic E-state index is 5.50. The van der Waals surface area contributed by atoms with Gasteiger partial charge in [-0.25, -0.2) is 0 Å². The number of nitrogens with two attached hydrogens (primary N) is 1. The molecule has 0 bridgehead atoms. The van der Waals surface area contributed by atoms with Crippen molar-refractivity contribution >= 4 is 17.2 Å². The van der Waals surface area contributed by atoms with E-state index in [9.17, 15) is 0 Å². The lowest BCUT2D eigenvalue weighted by Gasteiger charge is -2.21. The third kappa shape index (κ3) is 8.45. The van der Waals surface area contributed by atoms with Gasteiger partial charge in [0.25, 0.3) is 0 Å². The van der Waals surface area contributed by atoms with E-state index in [1.807, 2.05) is 0 Å². The van der Waals surface area contributed by atoms with E-state index >= 15 is 0 Å². The second-order valence-corrected chi connectivity index (χ2v) is 4.29. The van der Waals surface area contributed by atoms with Crippen LogP contribution in [0, 0.1) is 0 Å². The van der Waals surface area contributed by atoms with Gasteiger partial charge in [0.15, 0.2) is 0 Å². The van der Waals surface area contributed by atoms with E-state index in [0.29, 0.717) is 4.99 Å². The Hall–Kier alpha value is -0.150. The molecule has 0 aliphatic rings. The van der Waals surface area contributed by atoms with Crippen LogP contribution in [0.4, 0.5) is 0 Å². The Morgan fingerprint density at radius 1 is 1.07 bits per heavy atom. The summed E-state index contributed by atoms with van der Waals surface area (Å²) in [5.74, 6) is 0. The van der Waals surface area contributed by atoms with Gasteiger partial charge in [0, 0.05) is 13.0 Å². The van der Waals surface area contributed by atoms with Crippen molar-refractivity contribution in [2.45, 2.75) is 46.0 Å². The van der Waals surface area contributed by atoms with Gasteiger partial charge in [0.1, 0.15) is 0 Å². The van der Waals surface area contributed by atoms with E-state index in [2.05, 4.69) is 18.7 Å². The summed E-state index contributed by atoms with van der Waals surface area (Å²) in [7, 11) is 0. The van der Waals surface area contributed by atoms with Crippen molar-refractivity contribution in [3.05, 3.63) is 0 Å². The number of rotatable bonds is 9. The molecular formula is C11H24N2S. The fourth-order valence-corrected chi connectivity index (χ4v) is 1.46. The highest BCUT2D eigenvalue weighted by Crippen LogP contribution is 2.00. The lowest BCUT2D eigenvalue weighted by molar-refractivity contribution is 0.273. The van der Waals surface area contributed by atoms with E-state index in [4.69, 9.17) is 18.0 Å². The van der Waals surface area contributed by atoms with E-state index < -0.39 is 0 Å². The summed E-state index contributed by atoms with van der Waals surface area (Å²) >= 11 is 4.89. The first-order valence-electron chi connectivity index (χ1n) is 5.71. The molecule has 0 saturated carbocycles. The van der Waals surface area contributed by atoms with E-state index in [1.165, 1.54) is 38.8 Å². The predicted octanol–water partition coefficient (Wildman–Crippen LogP) is 2.56. The first-order valence-corrected chi connectivity index (χ1v) is 6.12. The van der Waals surface area contributed by atoms with Crippen molar-refractivity contribution in [1.82, 2.24) is 4.90 Å². The summed E-state index contributed by atoms with van der Waals surface area (Å²) in [6, 6.07) is 0. The van der Waals surface area contributed by atoms with Crippen LogP contribution in [-0.2, 0) is 0 Å². The Morgan fingerprint density at radius 2 is 1.57 bits per heavy atom. The SMILES string of the molecule is CCCCN(CCCC)CCC(N)=S. The zero-order chi connectivity index (χ0) is 10.8. The molecule has 0 aliphatic heterocycles. The van der Waals surface area contributed by atoms with Crippen LogP contribution < -0.4 is 5.73 Å². The quantitative estimate of drug-likeness (QED) is 0.601. The Bertz CT molecular complexity index is 140. The maximum Gasteiger partial charge on any atom is 0.0740 e. The molecule has 0 aromatic rings. The van der Waals surface area contributed by atoms with Crippen LogP contribution in [0.3, 0.4) is 0 Å². The van der Waals surface area contributed by atoms with Gasteiger partial charge >= 0.3 is 0 Å². The van der Waals surface area contributed by atoms with Gasteiger partial charge in [0.05, 0.1) is 4.99 Å². The van der Waals surface area contributed by atoms with Crippen molar-refractivity contribution in [3.8, 4) is 0 Å². The predicted molar refractivity (Wildman–Crippen MR) is 67.7 cm³/mol. The number of unbranched alkanes of at least 4 members (excludes halogenated alkanes) is 2. The van der Waals surface area contributed by atoms with Crippen molar-refractivity contribution in [1.29, 1.82) is 0 Å². The molecule has 2 nitrogen and oxygen atoms in total. The van der Waals surface area contributed by atoms with Gasteiger partial charge < -0.3 is 10.6 Å². The Kier molecular flexibility index (Phi) is 9.31. The second-order valence-electron chi connectivity index (χ2n) is 3.77. The van der Waals surface area contributed by atoms with Crippen LogP contribution in [0.1, 0.15) is 46.0 Å². The molecule has 0 amide bonds. The highest BCUT2D eigenvalue weighted by Gasteiger charge is 2.03. The van der Waals surface area contributed by atoms with Crippen LogP contribution in [0.5, 0.6) is 0 Å². The molecule has 0 aromatic carbocycles. The molecule has 3 heteroatoms. The lowest BCUT2D eigenvalue weighted by Crippen LogP contribution is -2.29. The van der Waals surface area contributed by atoms with Gasteiger partial charge in [-0.05, 0) is 25.9 Å². The van der Waals surface area contributed by atoms with Crippen LogP contribution >= 0.6 is 12.2 Å². The summed E-state index contributed by atoms with van der Waals surface area (Å²) in [6.45, 7) is 7.88. The van der Waals surface area contributed by atoms with E-state index in [1.54, 1.807) is 0 Å². The van der Waals surface area contributed by atoms with Crippen LogP contribution in [0.15, 0.2) is 0 Å². The molecule has 0 rings (SSSR count). The van der Waals surface area contributed by atoms with Crippen molar-refractivity contribution < 1.29 is 0 Å². The molecular weight excluding hydrogens is 192 g/mol. The maximum atomic E-state index is 5.50. The zero-order valence-electron chi connectivity index (χ0n) is 9.59.